The molecule has 0 atom stereocenters. The summed E-state index contributed by atoms with van der Waals surface area (Å²) in [5.41, 5.74) is 6.23. The number of hydrogen-bond acceptors (Lipinski definition) is 5. The lowest BCUT2D eigenvalue weighted by Gasteiger charge is -2.07. The molecule has 0 saturated heterocycles. The van der Waals surface area contributed by atoms with Crippen LogP contribution in [0.15, 0.2) is 30.5 Å². The summed E-state index contributed by atoms with van der Waals surface area (Å²) in [4.78, 5) is 21.4. The number of aromatic amines is 1. The number of hydrogen-bond donors (Lipinski definition) is 3. The fourth-order valence-corrected chi connectivity index (χ4v) is 1.56. The monoisotopic (exact) mass is 261 g/mol. The van der Waals surface area contributed by atoms with Crippen molar-refractivity contribution in [2.45, 2.75) is 6.54 Å². The van der Waals surface area contributed by atoms with E-state index in [1.807, 2.05) is 0 Å². The number of rotatable bonds is 5. The quantitative estimate of drug-likeness (QED) is 0.547. The van der Waals surface area contributed by atoms with Gasteiger partial charge in [0.25, 0.3) is 5.69 Å². The van der Waals surface area contributed by atoms with Crippen molar-refractivity contribution < 1.29 is 9.72 Å². The fourth-order valence-electron chi connectivity index (χ4n) is 1.56. The Bertz CT molecular complexity index is 609. The second-order valence-corrected chi connectivity index (χ2v) is 3.79. The number of H-pyrrole nitrogens is 1. The summed E-state index contributed by atoms with van der Waals surface area (Å²) in [5.74, 6) is -0.639. The van der Waals surface area contributed by atoms with Gasteiger partial charge in [-0.2, -0.15) is 5.10 Å². The molecule has 4 N–H and O–H groups in total. The van der Waals surface area contributed by atoms with Crippen LogP contribution in [0.2, 0.25) is 0 Å². The average molecular weight is 261 g/mol. The number of carbonyl (C=O) groups excluding carboxylic acids is 1. The van der Waals surface area contributed by atoms with Gasteiger partial charge in [0.05, 0.1) is 17.2 Å². The highest BCUT2D eigenvalue weighted by molar-refractivity contribution is 5.94. The first-order valence-corrected chi connectivity index (χ1v) is 5.38. The van der Waals surface area contributed by atoms with Gasteiger partial charge in [0.2, 0.25) is 5.91 Å². The van der Waals surface area contributed by atoms with Crippen LogP contribution in [0.25, 0.3) is 0 Å². The molecule has 0 unspecified atom stereocenters. The van der Waals surface area contributed by atoms with Crippen molar-refractivity contribution in [1.29, 1.82) is 0 Å². The maximum atomic E-state index is 11.1. The molecule has 1 amide bonds. The molecular formula is C11H11N5O3. The Morgan fingerprint density at radius 3 is 2.84 bits per heavy atom. The molecule has 0 aliphatic carbocycles. The van der Waals surface area contributed by atoms with Crippen LogP contribution in [-0.4, -0.2) is 21.0 Å². The van der Waals surface area contributed by atoms with Gasteiger partial charge in [-0.05, 0) is 18.2 Å². The predicted octanol–water partition coefficient (Wildman–Crippen LogP) is 1.03. The third-order valence-electron chi connectivity index (χ3n) is 2.51. The summed E-state index contributed by atoms with van der Waals surface area (Å²) in [6, 6.07) is 5.66. The van der Waals surface area contributed by atoms with E-state index in [1.54, 1.807) is 12.3 Å². The molecule has 0 radical (unpaired) electrons. The standard InChI is InChI=1S/C11H11N5O3/c12-11(17)7-1-2-10(16(18)19)9(5-7)13-6-8-3-4-14-15-8/h1-5,13H,6H2,(H2,12,17)(H,14,15). The van der Waals surface area contributed by atoms with Crippen molar-refractivity contribution in [2.24, 2.45) is 5.73 Å². The molecule has 2 rings (SSSR count). The van der Waals surface area contributed by atoms with Crippen LogP contribution < -0.4 is 11.1 Å². The van der Waals surface area contributed by atoms with Crippen molar-refractivity contribution in [3.63, 3.8) is 0 Å². The van der Waals surface area contributed by atoms with Crippen molar-refractivity contribution in [3.05, 3.63) is 51.8 Å². The first kappa shape index (κ1) is 12.6. The summed E-state index contributed by atoms with van der Waals surface area (Å²) in [6.45, 7) is 0.322. The largest absolute Gasteiger partial charge is 0.374 e. The number of aromatic nitrogens is 2. The third kappa shape index (κ3) is 2.86. The minimum Gasteiger partial charge on any atom is -0.374 e. The molecule has 0 aliphatic rings. The summed E-state index contributed by atoms with van der Waals surface area (Å²) < 4.78 is 0. The van der Waals surface area contributed by atoms with E-state index in [9.17, 15) is 14.9 Å². The van der Waals surface area contributed by atoms with E-state index < -0.39 is 10.8 Å². The number of nitrogens with zero attached hydrogens (tertiary/aromatic N) is 2. The number of nitro benzene ring substituents is 1. The number of nitrogens with one attached hydrogen (secondary N) is 2. The van der Waals surface area contributed by atoms with Crippen molar-refractivity contribution in [1.82, 2.24) is 10.2 Å². The molecule has 1 aromatic heterocycles. The molecule has 0 fully saturated rings. The number of primary amides is 1. The van der Waals surface area contributed by atoms with E-state index in [0.29, 0.717) is 6.54 Å². The van der Waals surface area contributed by atoms with Crippen LogP contribution in [0.3, 0.4) is 0 Å². The Hall–Kier alpha value is -2.90. The Balaban J connectivity index is 2.27. The molecule has 19 heavy (non-hydrogen) atoms. The predicted molar refractivity (Wildman–Crippen MR) is 67.5 cm³/mol. The van der Waals surface area contributed by atoms with E-state index in [0.717, 1.165) is 5.69 Å². The molecule has 8 nitrogen and oxygen atoms in total. The molecule has 0 spiro atoms. The first-order valence-electron chi connectivity index (χ1n) is 5.38. The van der Waals surface area contributed by atoms with Gasteiger partial charge in [0.15, 0.2) is 0 Å². The third-order valence-corrected chi connectivity index (χ3v) is 2.51. The van der Waals surface area contributed by atoms with Crippen LogP contribution in [0, 0.1) is 10.1 Å². The molecule has 2 aromatic rings. The zero-order chi connectivity index (χ0) is 13.8. The lowest BCUT2D eigenvalue weighted by atomic mass is 10.1. The number of amides is 1. The number of nitrogens with two attached hydrogens (primary N) is 1. The Labute approximate surface area is 107 Å². The van der Waals surface area contributed by atoms with Crippen LogP contribution >= 0.6 is 0 Å². The van der Waals surface area contributed by atoms with Gasteiger partial charge in [-0.1, -0.05) is 0 Å². The minimum atomic E-state index is -0.639. The average Bonchev–Trinajstić information content (AvgIpc) is 2.88. The van der Waals surface area contributed by atoms with Crippen LogP contribution in [0.4, 0.5) is 11.4 Å². The van der Waals surface area contributed by atoms with E-state index in [1.165, 1.54) is 18.2 Å². The first-order chi connectivity index (χ1) is 9.08. The van der Waals surface area contributed by atoms with Gasteiger partial charge in [0, 0.05) is 17.8 Å². The number of nitro groups is 1. The topological polar surface area (TPSA) is 127 Å². The highest BCUT2D eigenvalue weighted by Crippen LogP contribution is 2.25. The van der Waals surface area contributed by atoms with Crippen LogP contribution in [0.1, 0.15) is 16.1 Å². The fraction of sp³-hybridized carbons (Fsp3) is 0.0909. The van der Waals surface area contributed by atoms with Gasteiger partial charge in [-0.15, -0.1) is 0 Å². The Morgan fingerprint density at radius 2 is 2.26 bits per heavy atom. The Morgan fingerprint density at radius 1 is 1.47 bits per heavy atom. The Kier molecular flexibility index (Phi) is 3.42. The summed E-state index contributed by atoms with van der Waals surface area (Å²) in [7, 11) is 0. The van der Waals surface area contributed by atoms with Gasteiger partial charge in [-0.25, -0.2) is 0 Å². The zero-order valence-corrected chi connectivity index (χ0v) is 9.79. The highest BCUT2D eigenvalue weighted by Gasteiger charge is 2.15. The van der Waals surface area contributed by atoms with Crippen LogP contribution in [0.5, 0.6) is 0 Å². The molecule has 0 saturated carbocycles. The van der Waals surface area contributed by atoms with Gasteiger partial charge >= 0.3 is 0 Å². The number of anilines is 1. The summed E-state index contributed by atoms with van der Waals surface area (Å²) >= 11 is 0. The van der Waals surface area contributed by atoms with Gasteiger partial charge < -0.3 is 11.1 Å². The van der Waals surface area contributed by atoms with Crippen molar-refractivity contribution >= 4 is 17.3 Å². The molecule has 1 aromatic carbocycles. The highest BCUT2D eigenvalue weighted by atomic mass is 16.6. The molecule has 0 aliphatic heterocycles. The zero-order valence-electron chi connectivity index (χ0n) is 9.79. The van der Waals surface area contributed by atoms with E-state index >= 15 is 0 Å². The van der Waals surface area contributed by atoms with E-state index in [4.69, 9.17) is 5.73 Å². The smallest absolute Gasteiger partial charge is 0.292 e. The van der Waals surface area contributed by atoms with E-state index in [2.05, 4.69) is 15.5 Å². The molecule has 8 heteroatoms. The maximum absolute atomic E-state index is 11.1. The lowest BCUT2D eigenvalue weighted by Crippen LogP contribution is -2.12. The second kappa shape index (κ2) is 5.17. The molecule has 0 bridgehead atoms. The summed E-state index contributed by atoms with van der Waals surface area (Å²) in [5, 5.41) is 20.2. The van der Waals surface area contributed by atoms with Gasteiger partial charge in [-0.3, -0.25) is 20.0 Å². The number of carbonyl (C=O) groups is 1. The van der Waals surface area contributed by atoms with Crippen molar-refractivity contribution in [3.8, 4) is 0 Å². The SMILES string of the molecule is NC(=O)c1ccc([N+](=O)[O-])c(NCc2ccn[nH]2)c1. The van der Waals surface area contributed by atoms with E-state index in [-0.39, 0.29) is 16.9 Å². The van der Waals surface area contributed by atoms with Crippen LogP contribution in [-0.2, 0) is 6.54 Å². The lowest BCUT2D eigenvalue weighted by molar-refractivity contribution is -0.384. The van der Waals surface area contributed by atoms with Crippen molar-refractivity contribution in [2.75, 3.05) is 5.32 Å². The molecular weight excluding hydrogens is 250 g/mol. The summed E-state index contributed by atoms with van der Waals surface area (Å²) in [6.07, 6.45) is 1.57. The number of benzene rings is 1. The second-order valence-electron chi connectivity index (χ2n) is 3.79. The normalized spacial score (nSPS) is 10.1. The van der Waals surface area contributed by atoms with Gasteiger partial charge in [0.1, 0.15) is 5.69 Å². The molecule has 98 valence electrons. The molecule has 1 heterocycles. The maximum Gasteiger partial charge on any atom is 0.292 e. The minimum absolute atomic E-state index is 0.121.